The van der Waals surface area contributed by atoms with Crippen LogP contribution in [-0.2, 0) is 0 Å². The number of rotatable bonds is 8. The largest absolute Gasteiger partial charge is 0.395 e. The molecule has 0 aliphatic carbocycles. The number of anilines is 2. The predicted molar refractivity (Wildman–Crippen MR) is 107 cm³/mol. The average Bonchev–Trinajstić information content (AvgIpc) is 2.66. The van der Waals surface area contributed by atoms with Crippen LogP contribution in [0, 0.1) is 34.1 Å². The van der Waals surface area contributed by atoms with E-state index in [1.165, 1.54) is 12.1 Å². The molecule has 2 aromatic carbocycles. The van der Waals surface area contributed by atoms with Crippen molar-refractivity contribution in [2.24, 2.45) is 0 Å². The minimum Gasteiger partial charge on any atom is -0.395 e. The highest BCUT2D eigenvalue weighted by molar-refractivity contribution is 5.63. The summed E-state index contributed by atoms with van der Waals surface area (Å²) in [6, 6.07) is 9.85. The number of nitrogens with one attached hydrogen (secondary N) is 2. The monoisotopic (exact) mass is 392 g/mol. The zero-order valence-corrected chi connectivity index (χ0v) is 15.7. The maximum absolute atomic E-state index is 10.6. The summed E-state index contributed by atoms with van der Waals surface area (Å²) in [4.78, 5) is 20.4. The molecular formula is C18H24N4O6. The first-order chi connectivity index (χ1) is 13.3. The number of nitrogens with zero attached hydrogens (tertiary/aromatic N) is 2. The molecule has 0 aromatic heterocycles. The van der Waals surface area contributed by atoms with E-state index in [-0.39, 0.29) is 24.6 Å². The molecule has 0 bridgehead atoms. The van der Waals surface area contributed by atoms with Crippen molar-refractivity contribution in [1.82, 2.24) is 0 Å². The Hall–Kier alpha value is -3.24. The summed E-state index contributed by atoms with van der Waals surface area (Å²) in [5.41, 5.74) is 2.64. The standard InChI is InChI=1S/2C9H12N2O3/c2*1-7-2-3-8(10-4-5-12)9(6-7)11(13)14/h2*2-3,6,10,12H,4-5H2,1H3. The van der Waals surface area contributed by atoms with Crippen LogP contribution in [0.5, 0.6) is 0 Å². The van der Waals surface area contributed by atoms with E-state index < -0.39 is 9.85 Å². The van der Waals surface area contributed by atoms with Crippen molar-refractivity contribution in [2.75, 3.05) is 36.9 Å². The number of aryl methyl sites for hydroxylation is 2. The van der Waals surface area contributed by atoms with Crippen molar-refractivity contribution < 1.29 is 20.1 Å². The van der Waals surface area contributed by atoms with Crippen LogP contribution in [0.2, 0.25) is 0 Å². The highest BCUT2D eigenvalue weighted by atomic mass is 16.6. The smallest absolute Gasteiger partial charge is 0.292 e. The fourth-order valence-corrected chi connectivity index (χ4v) is 2.27. The summed E-state index contributed by atoms with van der Waals surface area (Å²) < 4.78 is 0. The third kappa shape index (κ3) is 7.17. The Morgan fingerprint density at radius 1 is 0.786 bits per heavy atom. The van der Waals surface area contributed by atoms with Crippen LogP contribution >= 0.6 is 0 Å². The Labute approximate surface area is 162 Å². The number of aliphatic hydroxyl groups excluding tert-OH is 2. The molecule has 152 valence electrons. The minimum atomic E-state index is -0.438. The molecule has 10 heteroatoms. The van der Waals surface area contributed by atoms with E-state index in [0.29, 0.717) is 24.5 Å². The van der Waals surface area contributed by atoms with Gasteiger partial charge < -0.3 is 20.8 Å². The highest BCUT2D eigenvalue weighted by Gasteiger charge is 2.13. The quantitative estimate of drug-likeness (QED) is 0.395. The van der Waals surface area contributed by atoms with E-state index in [1.807, 2.05) is 0 Å². The van der Waals surface area contributed by atoms with Crippen LogP contribution in [0.15, 0.2) is 36.4 Å². The first kappa shape index (κ1) is 22.8. The molecule has 0 saturated carbocycles. The molecule has 0 saturated heterocycles. The van der Waals surface area contributed by atoms with E-state index in [9.17, 15) is 20.2 Å². The van der Waals surface area contributed by atoms with Crippen LogP contribution in [0.4, 0.5) is 22.7 Å². The van der Waals surface area contributed by atoms with E-state index in [0.717, 1.165) is 11.1 Å². The van der Waals surface area contributed by atoms with Crippen molar-refractivity contribution in [1.29, 1.82) is 0 Å². The summed E-state index contributed by atoms with van der Waals surface area (Å²) in [7, 11) is 0. The van der Waals surface area contributed by atoms with Crippen LogP contribution in [-0.4, -0.2) is 46.4 Å². The summed E-state index contributed by atoms with van der Waals surface area (Å²) in [5.74, 6) is 0. The Morgan fingerprint density at radius 3 is 1.43 bits per heavy atom. The van der Waals surface area contributed by atoms with Crippen molar-refractivity contribution in [2.45, 2.75) is 13.8 Å². The Bertz CT molecular complexity index is 745. The van der Waals surface area contributed by atoms with Gasteiger partial charge in [0.2, 0.25) is 0 Å². The molecule has 4 N–H and O–H groups in total. The molecule has 0 atom stereocenters. The van der Waals surface area contributed by atoms with Gasteiger partial charge in [0.05, 0.1) is 23.1 Å². The Morgan fingerprint density at radius 2 is 1.14 bits per heavy atom. The number of hydrogen-bond acceptors (Lipinski definition) is 8. The first-order valence-corrected chi connectivity index (χ1v) is 8.49. The molecule has 0 amide bonds. The molecule has 0 spiro atoms. The topological polar surface area (TPSA) is 151 Å². The molecule has 28 heavy (non-hydrogen) atoms. The molecule has 2 aromatic rings. The molecule has 0 aliphatic rings. The third-order valence-electron chi connectivity index (χ3n) is 3.55. The SMILES string of the molecule is Cc1ccc(NCCO)c([N+](=O)[O-])c1.Cc1ccc(NCCO)c([N+](=O)[O-])c1. The lowest BCUT2D eigenvalue weighted by Gasteiger charge is -2.05. The minimum absolute atomic E-state index is 0.0402. The highest BCUT2D eigenvalue weighted by Crippen LogP contribution is 2.25. The maximum atomic E-state index is 10.6. The second kappa shape index (κ2) is 11.5. The van der Waals surface area contributed by atoms with Gasteiger partial charge in [-0.05, 0) is 37.1 Å². The zero-order valence-electron chi connectivity index (χ0n) is 15.7. The van der Waals surface area contributed by atoms with E-state index >= 15 is 0 Å². The van der Waals surface area contributed by atoms with Gasteiger partial charge >= 0.3 is 0 Å². The van der Waals surface area contributed by atoms with Crippen molar-refractivity contribution in [3.05, 3.63) is 67.8 Å². The Balaban J connectivity index is 0.000000280. The van der Waals surface area contributed by atoms with E-state index in [1.54, 1.807) is 38.1 Å². The normalized spacial score (nSPS) is 9.86. The zero-order chi connectivity index (χ0) is 21.1. The van der Waals surface area contributed by atoms with Gasteiger partial charge in [0.1, 0.15) is 11.4 Å². The third-order valence-corrected chi connectivity index (χ3v) is 3.55. The van der Waals surface area contributed by atoms with Crippen molar-refractivity contribution in [3.63, 3.8) is 0 Å². The van der Waals surface area contributed by atoms with Crippen LogP contribution in [0.1, 0.15) is 11.1 Å². The van der Waals surface area contributed by atoms with Crippen LogP contribution < -0.4 is 10.6 Å². The number of hydrogen-bond donors (Lipinski definition) is 4. The van der Waals surface area contributed by atoms with Gasteiger partial charge in [0.25, 0.3) is 11.4 Å². The van der Waals surface area contributed by atoms with E-state index in [2.05, 4.69) is 10.6 Å². The fourth-order valence-electron chi connectivity index (χ4n) is 2.27. The lowest BCUT2D eigenvalue weighted by molar-refractivity contribution is -0.384. The number of benzene rings is 2. The molecule has 2 rings (SSSR count). The summed E-state index contributed by atoms with van der Waals surface area (Å²) in [6.45, 7) is 4.11. The van der Waals surface area contributed by atoms with Crippen LogP contribution in [0.25, 0.3) is 0 Å². The molecule has 0 heterocycles. The Kier molecular flexibility index (Phi) is 9.34. The lowest BCUT2D eigenvalue weighted by atomic mass is 10.2. The van der Waals surface area contributed by atoms with Gasteiger partial charge in [0.15, 0.2) is 0 Å². The summed E-state index contributed by atoms with van der Waals surface area (Å²) in [5, 5.41) is 44.0. The van der Waals surface area contributed by atoms with Crippen molar-refractivity contribution >= 4 is 22.7 Å². The van der Waals surface area contributed by atoms with Gasteiger partial charge in [-0.3, -0.25) is 20.2 Å². The average molecular weight is 392 g/mol. The molecule has 10 nitrogen and oxygen atoms in total. The molecule has 0 fully saturated rings. The molecule has 0 unspecified atom stereocenters. The number of aliphatic hydroxyl groups is 2. The second-order valence-electron chi connectivity index (χ2n) is 5.86. The van der Waals surface area contributed by atoms with E-state index in [4.69, 9.17) is 10.2 Å². The maximum Gasteiger partial charge on any atom is 0.292 e. The molecule has 0 radical (unpaired) electrons. The van der Waals surface area contributed by atoms with Gasteiger partial charge in [-0.25, -0.2) is 0 Å². The number of nitro benzene ring substituents is 2. The predicted octanol–water partition coefficient (Wildman–Crippen LogP) is 2.61. The van der Waals surface area contributed by atoms with Crippen molar-refractivity contribution in [3.8, 4) is 0 Å². The molecule has 0 aliphatic heterocycles. The van der Waals surface area contributed by atoms with Gasteiger partial charge in [-0.15, -0.1) is 0 Å². The lowest BCUT2D eigenvalue weighted by Crippen LogP contribution is -2.07. The fraction of sp³-hybridized carbons (Fsp3) is 0.333. The van der Waals surface area contributed by atoms with Gasteiger partial charge in [0, 0.05) is 25.2 Å². The van der Waals surface area contributed by atoms with Gasteiger partial charge in [-0.1, -0.05) is 12.1 Å². The van der Waals surface area contributed by atoms with Crippen LogP contribution in [0.3, 0.4) is 0 Å². The summed E-state index contributed by atoms with van der Waals surface area (Å²) in [6.07, 6.45) is 0. The first-order valence-electron chi connectivity index (χ1n) is 8.49. The number of nitro groups is 2. The molecular weight excluding hydrogens is 368 g/mol. The second-order valence-corrected chi connectivity index (χ2v) is 5.86. The van der Waals surface area contributed by atoms with Gasteiger partial charge in [-0.2, -0.15) is 0 Å². The summed E-state index contributed by atoms with van der Waals surface area (Å²) >= 11 is 0.